The first-order valence-electron chi connectivity index (χ1n) is 10.9. The van der Waals surface area contributed by atoms with Gasteiger partial charge in [-0.1, -0.05) is 30.3 Å². The molecule has 1 aromatic heterocycles. The standard InChI is InChI=1S/C24H30N2O6S/c1-5-30-20(27)24(12-17-14-25-15-33-17)13-19(31-21(24)28)18(11-16-9-7-6-8-10-16)26-22(29)32-23(2,3)4/h6-10,14-15,18-19H,5,11-13H2,1-4H3,(H,26,29)/t18?,19-,24+/m0/s1. The first-order chi connectivity index (χ1) is 15.6. The summed E-state index contributed by atoms with van der Waals surface area (Å²) in [7, 11) is 0. The maximum Gasteiger partial charge on any atom is 0.408 e. The summed E-state index contributed by atoms with van der Waals surface area (Å²) in [5, 5.41) is 2.85. The van der Waals surface area contributed by atoms with E-state index in [-0.39, 0.29) is 19.4 Å². The Balaban J connectivity index is 1.88. The number of alkyl carbamates (subject to hydrolysis) is 1. The number of nitrogens with one attached hydrogen (secondary N) is 1. The molecule has 1 saturated heterocycles. The van der Waals surface area contributed by atoms with E-state index in [2.05, 4.69) is 10.3 Å². The van der Waals surface area contributed by atoms with Crippen molar-refractivity contribution in [2.75, 3.05) is 6.61 Å². The van der Waals surface area contributed by atoms with Crippen LogP contribution < -0.4 is 5.32 Å². The third-order valence-electron chi connectivity index (χ3n) is 5.27. The van der Waals surface area contributed by atoms with Crippen molar-refractivity contribution in [1.29, 1.82) is 0 Å². The highest BCUT2D eigenvalue weighted by Crippen LogP contribution is 2.41. The van der Waals surface area contributed by atoms with Crippen LogP contribution in [-0.2, 0) is 36.6 Å². The van der Waals surface area contributed by atoms with Gasteiger partial charge in [0.15, 0.2) is 5.41 Å². The average molecular weight is 475 g/mol. The largest absolute Gasteiger partial charge is 0.465 e. The molecule has 1 aliphatic heterocycles. The molecule has 1 amide bonds. The molecule has 178 valence electrons. The van der Waals surface area contributed by atoms with Crippen LogP contribution in [0.3, 0.4) is 0 Å². The molecule has 0 spiro atoms. The quantitative estimate of drug-likeness (QED) is 0.353. The Morgan fingerprint density at radius 1 is 1.30 bits per heavy atom. The van der Waals surface area contributed by atoms with Gasteiger partial charge in [0.25, 0.3) is 0 Å². The van der Waals surface area contributed by atoms with Crippen LogP contribution in [-0.4, -0.2) is 47.4 Å². The predicted octanol–water partition coefficient (Wildman–Crippen LogP) is 3.69. The Labute approximate surface area is 197 Å². The fraction of sp³-hybridized carbons (Fsp3) is 0.500. The van der Waals surface area contributed by atoms with E-state index in [1.807, 2.05) is 30.3 Å². The zero-order valence-corrected chi connectivity index (χ0v) is 20.1. The first kappa shape index (κ1) is 24.7. The van der Waals surface area contributed by atoms with Gasteiger partial charge in [-0.25, -0.2) is 4.79 Å². The average Bonchev–Trinajstić information content (AvgIpc) is 3.36. The molecular weight excluding hydrogens is 444 g/mol. The molecule has 2 heterocycles. The van der Waals surface area contributed by atoms with Crippen LogP contribution in [0.5, 0.6) is 0 Å². The van der Waals surface area contributed by atoms with Crippen molar-refractivity contribution in [2.24, 2.45) is 5.41 Å². The smallest absolute Gasteiger partial charge is 0.408 e. The van der Waals surface area contributed by atoms with E-state index >= 15 is 0 Å². The molecule has 1 N–H and O–H groups in total. The van der Waals surface area contributed by atoms with Crippen molar-refractivity contribution in [3.05, 3.63) is 52.5 Å². The second kappa shape index (κ2) is 10.3. The minimum atomic E-state index is -1.49. The van der Waals surface area contributed by atoms with Crippen molar-refractivity contribution in [2.45, 2.75) is 64.7 Å². The van der Waals surface area contributed by atoms with E-state index < -0.39 is 41.2 Å². The van der Waals surface area contributed by atoms with E-state index in [0.29, 0.717) is 6.42 Å². The number of rotatable bonds is 8. The van der Waals surface area contributed by atoms with Gasteiger partial charge >= 0.3 is 18.0 Å². The highest BCUT2D eigenvalue weighted by atomic mass is 32.1. The number of carbonyl (C=O) groups excluding carboxylic acids is 3. The lowest BCUT2D eigenvalue weighted by atomic mass is 9.79. The van der Waals surface area contributed by atoms with Crippen LogP contribution in [0.25, 0.3) is 0 Å². The first-order valence-corrected chi connectivity index (χ1v) is 11.8. The summed E-state index contributed by atoms with van der Waals surface area (Å²) in [6.45, 7) is 7.16. The second-order valence-electron chi connectivity index (χ2n) is 9.04. The molecule has 0 radical (unpaired) electrons. The fourth-order valence-electron chi connectivity index (χ4n) is 3.82. The number of ether oxygens (including phenoxy) is 3. The number of thiazole rings is 1. The zero-order chi connectivity index (χ0) is 24.1. The number of aromatic nitrogens is 1. The Kier molecular flexibility index (Phi) is 7.73. The third-order valence-corrected chi connectivity index (χ3v) is 6.05. The van der Waals surface area contributed by atoms with Crippen LogP contribution >= 0.6 is 11.3 Å². The summed E-state index contributed by atoms with van der Waals surface area (Å²) in [6.07, 6.45) is 0.897. The van der Waals surface area contributed by atoms with E-state index in [1.54, 1.807) is 39.4 Å². The minimum absolute atomic E-state index is 0.0792. The molecule has 0 bridgehead atoms. The van der Waals surface area contributed by atoms with Crippen molar-refractivity contribution in [3.63, 3.8) is 0 Å². The van der Waals surface area contributed by atoms with Crippen molar-refractivity contribution in [1.82, 2.24) is 10.3 Å². The normalized spacial score (nSPS) is 21.2. The fourth-order valence-corrected chi connectivity index (χ4v) is 4.53. The number of carbonyl (C=O) groups is 3. The Bertz CT molecular complexity index is 957. The summed E-state index contributed by atoms with van der Waals surface area (Å²) in [4.78, 5) is 43.5. The summed E-state index contributed by atoms with van der Waals surface area (Å²) < 4.78 is 16.4. The van der Waals surface area contributed by atoms with Gasteiger partial charge in [0.1, 0.15) is 11.7 Å². The summed E-state index contributed by atoms with van der Waals surface area (Å²) in [5.74, 6) is -1.27. The Hall–Kier alpha value is -2.94. The number of hydrogen-bond donors (Lipinski definition) is 1. The maximum atomic E-state index is 13.1. The maximum absolute atomic E-state index is 13.1. The molecule has 1 aliphatic rings. The lowest BCUT2D eigenvalue weighted by Gasteiger charge is -2.27. The minimum Gasteiger partial charge on any atom is -0.465 e. The number of cyclic esters (lactones) is 1. The van der Waals surface area contributed by atoms with E-state index in [9.17, 15) is 14.4 Å². The lowest BCUT2D eigenvalue weighted by Crippen LogP contribution is -2.47. The summed E-state index contributed by atoms with van der Waals surface area (Å²) >= 11 is 1.36. The molecule has 0 saturated carbocycles. The van der Waals surface area contributed by atoms with E-state index in [0.717, 1.165) is 10.4 Å². The van der Waals surface area contributed by atoms with Crippen LogP contribution in [0.2, 0.25) is 0 Å². The number of benzene rings is 1. The summed E-state index contributed by atoms with van der Waals surface area (Å²) in [5.41, 5.74) is 0.423. The zero-order valence-electron chi connectivity index (χ0n) is 19.3. The SMILES string of the molecule is CCOC(=O)[C@@]1(Cc2cncs2)C[C@@H](C(Cc2ccccc2)NC(=O)OC(C)(C)C)OC1=O. The lowest BCUT2D eigenvalue weighted by molar-refractivity contribution is -0.165. The molecule has 1 unspecified atom stereocenters. The van der Waals surface area contributed by atoms with Crippen LogP contribution in [0.15, 0.2) is 42.0 Å². The second-order valence-corrected chi connectivity index (χ2v) is 10.0. The van der Waals surface area contributed by atoms with Gasteiger partial charge in [0.2, 0.25) is 0 Å². The number of esters is 2. The van der Waals surface area contributed by atoms with Crippen molar-refractivity contribution in [3.8, 4) is 0 Å². The van der Waals surface area contributed by atoms with Crippen molar-refractivity contribution < 1.29 is 28.6 Å². The molecule has 2 aromatic rings. The third kappa shape index (κ3) is 6.31. The molecule has 1 aromatic carbocycles. The molecule has 0 aliphatic carbocycles. The molecule has 9 heteroatoms. The van der Waals surface area contributed by atoms with Gasteiger partial charge in [-0.05, 0) is 39.7 Å². The van der Waals surface area contributed by atoms with Gasteiger partial charge < -0.3 is 19.5 Å². The molecule has 3 rings (SSSR count). The number of amides is 1. The Morgan fingerprint density at radius 3 is 2.64 bits per heavy atom. The van der Waals surface area contributed by atoms with Crippen LogP contribution in [0.4, 0.5) is 4.79 Å². The van der Waals surface area contributed by atoms with Gasteiger partial charge in [-0.3, -0.25) is 14.6 Å². The van der Waals surface area contributed by atoms with Crippen molar-refractivity contribution >= 4 is 29.4 Å². The van der Waals surface area contributed by atoms with E-state index in [1.165, 1.54) is 11.3 Å². The molecule has 33 heavy (non-hydrogen) atoms. The topological polar surface area (TPSA) is 104 Å². The molecule has 1 fully saturated rings. The highest BCUT2D eigenvalue weighted by molar-refractivity contribution is 7.09. The number of hydrogen-bond acceptors (Lipinski definition) is 8. The highest BCUT2D eigenvalue weighted by Gasteiger charge is 2.58. The van der Waals surface area contributed by atoms with Gasteiger partial charge in [0.05, 0.1) is 18.2 Å². The predicted molar refractivity (Wildman–Crippen MR) is 123 cm³/mol. The summed E-state index contributed by atoms with van der Waals surface area (Å²) in [6, 6.07) is 8.95. The molecular formula is C24H30N2O6S. The van der Waals surface area contributed by atoms with Gasteiger partial charge in [-0.2, -0.15) is 0 Å². The van der Waals surface area contributed by atoms with Crippen LogP contribution in [0.1, 0.15) is 44.6 Å². The number of nitrogens with zero attached hydrogens (tertiary/aromatic N) is 1. The monoisotopic (exact) mass is 474 g/mol. The van der Waals surface area contributed by atoms with Gasteiger partial charge in [0, 0.05) is 23.9 Å². The van der Waals surface area contributed by atoms with Gasteiger partial charge in [-0.15, -0.1) is 11.3 Å². The molecule has 8 nitrogen and oxygen atoms in total. The van der Waals surface area contributed by atoms with E-state index in [4.69, 9.17) is 14.2 Å². The Morgan fingerprint density at radius 2 is 2.03 bits per heavy atom. The molecule has 3 atom stereocenters. The van der Waals surface area contributed by atoms with Crippen LogP contribution in [0, 0.1) is 5.41 Å².